The Hall–Kier alpha value is -2.02. The highest BCUT2D eigenvalue weighted by Gasteiger charge is 2.09. The zero-order valence-corrected chi connectivity index (χ0v) is 11.2. The van der Waals surface area contributed by atoms with Gasteiger partial charge in [-0.2, -0.15) is 0 Å². The van der Waals surface area contributed by atoms with E-state index in [1.807, 2.05) is 0 Å². The Morgan fingerprint density at radius 2 is 2.26 bits per heavy atom. The molecule has 0 aliphatic rings. The summed E-state index contributed by atoms with van der Waals surface area (Å²) in [7, 11) is 0. The van der Waals surface area contributed by atoms with Crippen molar-refractivity contribution in [1.82, 2.24) is 15.3 Å². The van der Waals surface area contributed by atoms with Crippen molar-refractivity contribution < 1.29 is 9.18 Å². The van der Waals surface area contributed by atoms with E-state index < -0.39 is 17.3 Å². The summed E-state index contributed by atoms with van der Waals surface area (Å²) in [4.78, 5) is 28.5. The van der Waals surface area contributed by atoms with Crippen LogP contribution in [-0.2, 0) is 6.54 Å². The first-order valence-corrected chi connectivity index (χ1v) is 6.12. The Kier molecular flexibility index (Phi) is 4.06. The van der Waals surface area contributed by atoms with Gasteiger partial charge in [-0.1, -0.05) is 15.9 Å². The quantitative estimate of drug-likeness (QED) is 0.900. The molecular weight excluding hydrogens is 317 g/mol. The van der Waals surface area contributed by atoms with Crippen molar-refractivity contribution in [3.63, 3.8) is 0 Å². The third kappa shape index (κ3) is 3.47. The molecule has 19 heavy (non-hydrogen) atoms. The summed E-state index contributed by atoms with van der Waals surface area (Å²) in [5.74, 6) is -0.895. The number of halogens is 2. The Morgan fingerprint density at radius 3 is 2.95 bits per heavy atom. The Balaban J connectivity index is 2.06. The van der Waals surface area contributed by atoms with Crippen molar-refractivity contribution in [2.75, 3.05) is 0 Å². The van der Waals surface area contributed by atoms with Gasteiger partial charge in [0.05, 0.1) is 6.20 Å². The average molecular weight is 326 g/mol. The summed E-state index contributed by atoms with van der Waals surface area (Å²) in [5, 5.41) is 2.52. The van der Waals surface area contributed by atoms with Crippen LogP contribution >= 0.6 is 15.9 Å². The normalized spacial score (nSPS) is 10.2. The summed E-state index contributed by atoms with van der Waals surface area (Å²) in [6, 6.07) is 4.46. The Bertz CT molecular complexity index is 652. The Morgan fingerprint density at radius 1 is 1.47 bits per heavy atom. The van der Waals surface area contributed by atoms with Crippen LogP contribution in [0.4, 0.5) is 4.39 Å². The van der Waals surface area contributed by atoms with Crippen LogP contribution in [0.5, 0.6) is 0 Å². The number of hydrogen-bond acceptors (Lipinski definition) is 3. The van der Waals surface area contributed by atoms with Gasteiger partial charge in [0.2, 0.25) is 0 Å². The number of carbonyl (C=O) groups excluding carboxylic acids is 1. The molecule has 0 saturated carbocycles. The number of H-pyrrole nitrogens is 1. The maximum absolute atomic E-state index is 13.4. The van der Waals surface area contributed by atoms with E-state index in [9.17, 15) is 14.0 Å². The van der Waals surface area contributed by atoms with Gasteiger partial charge < -0.3 is 10.3 Å². The molecule has 1 aromatic heterocycles. The maximum atomic E-state index is 13.4. The van der Waals surface area contributed by atoms with Crippen LogP contribution < -0.4 is 10.9 Å². The summed E-state index contributed by atoms with van der Waals surface area (Å²) >= 11 is 3.22. The Labute approximate surface area is 116 Å². The molecule has 0 saturated heterocycles. The molecule has 2 N–H and O–H groups in total. The lowest BCUT2D eigenvalue weighted by atomic mass is 10.2. The first kappa shape index (κ1) is 13.4. The predicted molar refractivity (Wildman–Crippen MR) is 70.1 cm³/mol. The molecule has 2 aromatic rings. The second-order valence-electron chi connectivity index (χ2n) is 3.71. The van der Waals surface area contributed by atoms with E-state index >= 15 is 0 Å². The zero-order chi connectivity index (χ0) is 13.8. The molecule has 0 radical (unpaired) electrons. The third-order valence-electron chi connectivity index (χ3n) is 2.35. The van der Waals surface area contributed by atoms with Gasteiger partial charge >= 0.3 is 0 Å². The fraction of sp³-hybridized carbons (Fsp3) is 0.0833. The SMILES string of the molecule is O=C(NCc1cc(Br)ccc1F)c1c[nH]c(=O)cn1. The largest absolute Gasteiger partial charge is 0.346 e. The lowest BCUT2D eigenvalue weighted by Gasteiger charge is -2.06. The minimum Gasteiger partial charge on any atom is -0.346 e. The minimum atomic E-state index is -0.490. The number of aromatic amines is 1. The number of nitrogens with zero attached hydrogens (tertiary/aromatic N) is 1. The van der Waals surface area contributed by atoms with Gasteiger partial charge in [0, 0.05) is 22.8 Å². The monoisotopic (exact) mass is 325 g/mol. The summed E-state index contributed by atoms with van der Waals surface area (Å²) in [5.41, 5.74) is 0.0248. The van der Waals surface area contributed by atoms with Gasteiger partial charge in [-0.05, 0) is 18.2 Å². The van der Waals surface area contributed by atoms with Crippen molar-refractivity contribution >= 4 is 21.8 Å². The summed E-state index contributed by atoms with van der Waals surface area (Å²) in [6.07, 6.45) is 2.21. The number of rotatable bonds is 3. The number of carbonyl (C=O) groups is 1. The molecule has 98 valence electrons. The van der Waals surface area contributed by atoms with Crippen LogP contribution in [0.1, 0.15) is 16.1 Å². The predicted octanol–water partition coefficient (Wildman–Crippen LogP) is 1.60. The number of nitrogens with one attached hydrogen (secondary N) is 2. The van der Waals surface area contributed by atoms with Crippen molar-refractivity contribution in [3.05, 3.63) is 62.5 Å². The molecule has 1 heterocycles. The maximum Gasteiger partial charge on any atom is 0.271 e. The molecule has 0 fully saturated rings. The van der Waals surface area contributed by atoms with Crippen LogP contribution in [0.15, 0.2) is 39.9 Å². The van der Waals surface area contributed by atoms with Crippen LogP contribution in [0.2, 0.25) is 0 Å². The fourth-order valence-corrected chi connectivity index (χ4v) is 1.82. The molecule has 0 unspecified atom stereocenters. The van der Waals surface area contributed by atoms with E-state index in [0.29, 0.717) is 5.56 Å². The van der Waals surface area contributed by atoms with E-state index in [0.717, 1.165) is 10.7 Å². The molecule has 0 atom stereocenters. The number of aromatic nitrogens is 2. The van der Waals surface area contributed by atoms with Gasteiger partial charge in [-0.15, -0.1) is 0 Å². The van der Waals surface area contributed by atoms with Crippen LogP contribution in [0.25, 0.3) is 0 Å². The first-order chi connectivity index (χ1) is 9.06. The molecule has 1 aromatic carbocycles. The van der Waals surface area contributed by atoms with Gasteiger partial charge in [-0.3, -0.25) is 9.59 Å². The molecule has 7 heteroatoms. The average Bonchev–Trinajstić information content (AvgIpc) is 2.40. The molecule has 0 spiro atoms. The zero-order valence-electron chi connectivity index (χ0n) is 9.61. The van der Waals surface area contributed by atoms with E-state index in [2.05, 4.69) is 31.2 Å². The van der Waals surface area contributed by atoms with Crippen molar-refractivity contribution in [2.24, 2.45) is 0 Å². The smallest absolute Gasteiger partial charge is 0.271 e. The highest BCUT2D eigenvalue weighted by atomic mass is 79.9. The molecule has 5 nitrogen and oxygen atoms in total. The minimum absolute atomic E-state index is 0.0327. The highest BCUT2D eigenvalue weighted by molar-refractivity contribution is 9.10. The van der Waals surface area contributed by atoms with E-state index in [4.69, 9.17) is 0 Å². The van der Waals surface area contributed by atoms with Crippen molar-refractivity contribution in [3.8, 4) is 0 Å². The molecular formula is C12H9BrFN3O2. The second-order valence-corrected chi connectivity index (χ2v) is 4.63. The van der Waals surface area contributed by atoms with Gasteiger partial charge in [-0.25, -0.2) is 9.37 Å². The van der Waals surface area contributed by atoms with E-state index in [-0.39, 0.29) is 12.2 Å². The molecule has 0 aliphatic heterocycles. The first-order valence-electron chi connectivity index (χ1n) is 5.33. The second kappa shape index (κ2) is 5.75. The fourth-order valence-electron chi connectivity index (χ4n) is 1.41. The third-order valence-corrected chi connectivity index (χ3v) is 2.85. The topological polar surface area (TPSA) is 74.8 Å². The van der Waals surface area contributed by atoms with Gasteiger partial charge in [0.15, 0.2) is 0 Å². The van der Waals surface area contributed by atoms with E-state index in [1.54, 1.807) is 12.1 Å². The number of amides is 1. The van der Waals surface area contributed by atoms with Crippen LogP contribution in [-0.4, -0.2) is 15.9 Å². The molecule has 0 bridgehead atoms. The summed E-state index contributed by atoms with van der Waals surface area (Å²) in [6.45, 7) is 0.0327. The lowest BCUT2D eigenvalue weighted by molar-refractivity contribution is 0.0945. The molecule has 0 aliphatic carbocycles. The van der Waals surface area contributed by atoms with Crippen molar-refractivity contribution in [2.45, 2.75) is 6.54 Å². The van der Waals surface area contributed by atoms with Crippen molar-refractivity contribution in [1.29, 1.82) is 0 Å². The van der Waals surface area contributed by atoms with Crippen LogP contribution in [0.3, 0.4) is 0 Å². The van der Waals surface area contributed by atoms with Crippen LogP contribution in [0, 0.1) is 5.82 Å². The summed E-state index contributed by atoms with van der Waals surface area (Å²) < 4.78 is 14.2. The lowest BCUT2D eigenvalue weighted by Crippen LogP contribution is -2.25. The number of hydrogen-bond donors (Lipinski definition) is 2. The number of benzene rings is 1. The molecule has 1 amide bonds. The van der Waals surface area contributed by atoms with Gasteiger partial charge in [0.1, 0.15) is 11.5 Å². The van der Waals surface area contributed by atoms with Gasteiger partial charge in [0.25, 0.3) is 11.5 Å². The van der Waals surface area contributed by atoms with E-state index in [1.165, 1.54) is 12.3 Å². The standard InChI is InChI=1S/C12H9BrFN3O2/c13-8-1-2-9(14)7(3-8)4-17-12(19)10-5-16-11(18)6-15-10/h1-3,5-6H,4H2,(H,16,18)(H,17,19). The molecule has 2 rings (SSSR count). The highest BCUT2D eigenvalue weighted by Crippen LogP contribution is 2.15.